The summed E-state index contributed by atoms with van der Waals surface area (Å²) in [6, 6.07) is 11.3. The first-order chi connectivity index (χ1) is 8.33. The Morgan fingerprint density at radius 3 is 2.53 bits per heavy atom. The predicted octanol–water partition coefficient (Wildman–Crippen LogP) is 3.57. The van der Waals surface area contributed by atoms with Crippen LogP contribution in [0.15, 0.2) is 30.3 Å². The van der Waals surface area contributed by atoms with Crippen molar-refractivity contribution in [3.8, 4) is 12.3 Å². The zero-order valence-corrected chi connectivity index (χ0v) is 10.9. The third-order valence-electron chi connectivity index (χ3n) is 3.36. The highest BCUT2D eigenvalue weighted by atomic mass is 14.9. The van der Waals surface area contributed by atoms with Gasteiger partial charge in [0.15, 0.2) is 0 Å². The van der Waals surface area contributed by atoms with Crippen LogP contribution < -0.4 is 5.32 Å². The van der Waals surface area contributed by atoms with Gasteiger partial charge < -0.3 is 5.32 Å². The lowest BCUT2D eigenvalue weighted by Gasteiger charge is -2.26. The lowest BCUT2D eigenvalue weighted by atomic mass is 9.86. The molecule has 0 aliphatic rings. The van der Waals surface area contributed by atoms with Gasteiger partial charge in [-0.15, -0.1) is 12.3 Å². The average molecular weight is 229 g/mol. The van der Waals surface area contributed by atoms with E-state index >= 15 is 0 Å². The number of likely N-dealkylation sites (N-methyl/N-ethyl adjacent to an activating group) is 1. The number of benzene rings is 1. The zero-order chi connectivity index (χ0) is 12.5. The summed E-state index contributed by atoms with van der Waals surface area (Å²) in [4.78, 5) is 0. The topological polar surface area (TPSA) is 12.0 Å². The van der Waals surface area contributed by atoms with E-state index in [1.54, 1.807) is 0 Å². The first-order valence-corrected chi connectivity index (χ1v) is 6.49. The Bertz CT molecular complexity index is 336. The Kier molecular flexibility index (Phi) is 6.43. The van der Waals surface area contributed by atoms with Crippen molar-refractivity contribution >= 4 is 0 Å². The molecule has 0 fully saturated rings. The molecular weight excluding hydrogens is 206 g/mol. The van der Waals surface area contributed by atoms with Crippen LogP contribution in [0.4, 0.5) is 0 Å². The molecular formula is C16H23N. The van der Waals surface area contributed by atoms with E-state index in [4.69, 9.17) is 6.42 Å². The van der Waals surface area contributed by atoms with Crippen molar-refractivity contribution in [2.75, 3.05) is 7.05 Å². The Morgan fingerprint density at radius 2 is 2.00 bits per heavy atom. The summed E-state index contributed by atoms with van der Waals surface area (Å²) in [5.74, 6) is 3.30. The molecule has 1 N–H and O–H groups in total. The molecule has 1 aromatic carbocycles. The summed E-state index contributed by atoms with van der Waals surface area (Å²) >= 11 is 0. The normalized spacial score (nSPS) is 13.9. The number of terminal acetylenes is 1. The summed E-state index contributed by atoms with van der Waals surface area (Å²) in [6.07, 6.45) is 9.59. The van der Waals surface area contributed by atoms with Gasteiger partial charge >= 0.3 is 0 Å². The van der Waals surface area contributed by atoms with Gasteiger partial charge in [-0.25, -0.2) is 0 Å². The maximum absolute atomic E-state index is 5.31. The van der Waals surface area contributed by atoms with Crippen LogP contribution in [0.2, 0.25) is 0 Å². The van der Waals surface area contributed by atoms with Gasteiger partial charge in [0, 0.05) is 12.5 Å². The van der Waals surface area contributed by atoms with Crippen LogP contribution >= 0.6 is 0 Å². The molecule has 0 bridgehead atoms. The smallest absolute Gasteiger partial charge is 0.0133 e. The minimum atomic E-state index is 0.524. The molecule has 0 amide bonds. The van der Waals surface area contributed by atoms with E-state index in [9.17, 15) is 0 Å². The fraction of sp³-hybridized carbons (Fsp3) is 0.500. The Balaban J connectivity index is 2.67. The molecule has 0 saturated carbocycles. The van der Waals surface area contributed by atoms with Crippen molar-refractivity contribution in [3.05, 3.63) is 35.9 Å². The van der Waals surface area contributed by atoms with Crippen molar-refractivity contribution in [3.63, 3.8) is 0 Å². The van der Waals surface area contributed by atoms with E-state index in [0.29, 0.717) is 12.0 Å². The molecule has 0 saturated heterocycles. The first-order valence-electron chi connectivity index (χ1n) is 6.49. The molecule has 0 aromatic heterocycles. The molecule has 0 heterocycles. The van der Waals surface area contributed by atoms with Gasteiger partial charge in [-0.1, -0.05) is 37.3 Å². The molecule has 2 atom stereocenters. The molecule has 1 heteroatoms. The summed E-state index contributed by atoms with van der Waals surface area (Å²) in [5, 5.41) is 3.44. The van der Waals surface area contributed by atoms with Crippen LogP contribution in [0.25, 0.3) is 0 Å². The molecule has 1 rings (SSSR count). The first kappa shape index (κ1) is 13.8. The van der Waals surface area contributed by atoms with Crippen LogP contribution in [0.1, 0.15) is 44.1 Å². The van der Waals surface area contributed by atoms with Crippen molar-refractivity contribution in [2.24, 2.45) is 0 Å². The average Bonchev–Trinajstić information content (AvgIpc) is 2.39. The maximum Gasteiger partial charge on any atom is 0.0133 e. The van der Waals surface area contributed by atoms with E-state index in [1.807, 2.05) is 7.05 Å². The van der Waals surface area contributed by atoms with Crippen molar-refractivity contribution in [1.82, 2.24) is 5.32 Å². The number of unbranched alkanes of at least 4 members (excludes halogenated alkanes) is 1. The highest BCUT2D eigenvalue weighted by molar-refractivity contribution is 5.21. The molecule has 0 aliphatic heterocycles. The molecule has 92 valence electrons. The number of hydrogen-bond donors (Lipinski definition) is 1. The van der Waals surface area contributed by atoms with Crippen molar-refractivity contribution < 1.29 is 0 Å². The van der Waals surface area contributed by atoms with Gasteiger partial charge in [0.2, 0.25) is 0 Å². The quantitative estimate of drug-likeness (QED) is 0.557. The molecule has 0 radical (unpaired) electrons. The summed E-state index contributed by atoms with van der Waals surface area (Å²) < 4.78 is 0. The molecule has 1 aromatic rings. The van der Waals surface area contributed by atoms with Gasteiger partial charge in [0.05, 0.1) is 0 Å². The number of rotatable bonds is 7. The van der Waals surface area contributed by atoms with Crippen LogP contribution in [0.3, 0.4) is 0 Å². The fourth-order valence-corrected chi connectivity index (χ4v) is 2.42. The van der Waals surface area contributed by atoms with E-state index < -0.39 is 0 Å². The summed E-state index contributed by atoms with van der Waals surface area (Å²) in [6.45, 7) is 2.25. The van der Waals surface area contributed by atoms with Gasteiger partial charge in [0.1, 0.15) is 0 Å². The minimum absolute atomic E-state index is 0.524. The van der Waals surface area contributed by atoms with E-state index in [0.717, 1.165) is 25.7 Å². The molecule has 0 aliphatic carbocycles. The lowest BCUT2D eigenvalue weighted by molar-refractivity contribution is 0.418. The van der Waals surface area contributed by atoms with E-state index in [2.05, 4.69) is 48.5 Å². The van der Waals surface area contributed by atoms with Crippen LogP contribution in [0.5, 0.6) is 0 Å². The fourth-order valence-electron chi connectivity index (χ4n) is 2.42. The van der Waals surface area contributed by atoms with Crippen molar-refractivity contribution in [1.29, 1.82) is 0 Å². The van der Waals surface area contributed by atoms with Gasteiger partial charge in [0.25, 0.3) is 0 Å². The monoisotopic (exact) mass is 229 g/mol. The van der Waals surface area contributed by atoms with E-state index in [1.165, 1.54) is 5.56 Å². The second-order valence-corrected chi connectivity index (χ2v) is 4.42. The van der Waals surface area contributed by atoms with Crippen molar-refractivity contribution in [2.45, 2.75) is 44.6 Å². The second-order valence-electron chi connectivity index (χ2n) is 4.42. The SMILES string of the molecule is C#CCCCC(NC)C(CC)c1ccccc1. The number of hydrogen-bond acceptors (Lipinski definition) is 1. The van der Waals surface area contributed by atoms with Crippen LogP contribution in [0, 0.1) is 12.3 Å². The standard InChI is InChI=1S/C16H23N/c1-4-6-8-13-16(17-3)15(5-2)14-11-9-7-10-12-14/h1,7,9-12,15-17H,5-6,8,13H2,2-3H3. The Morgan fingerprint density at radius 1 is 1.29 bits per heavy atom. The predicted molar refractivity (Wildman–Crippen MR) is 75.0 cm³/mol. The third-order valence-corrected chi connectivity index (χ3v) is 3.36. The molecule has 0 spiro atoms. The Labute approximate surface area is 106 Å². The summed E-state index contributed by atoms with van der Waals surface area (Å²) in [7, 11) is 2.05. The number of nitrogens with one attached hydrogen (secondary N) is 1. The highest BCUT2D eigenvalue weighted by Gasteiger charge is 2.19. The Hall–Kier alpha value is -1.26. The van der Waals surface area contributed by atoms with Crippen LogP contribution in [-0.2, 0) is 0 Å². The molecule has 1 nitrogen and oxygen atoms in total. The maximum atomic E-state index is 5.31. The molecule has 17 heavy (non-hydrogen) atoms. The zero-order valence-electron chi connectivity index (χ0n) is 10.9. The minimum Gasteiger partial charge on any atom is -0.316 e. The second kappa shape index (κ2) is 7.92. The van der Waals surface area contributed by atoms with Crippen LogP contribution in [-0.4, -0.2) is 13.1 Å². The highest BCUT2D eigenvalue weighted by Crippen LogP contribution is 2.25. The summed E-state index contributed by atoms with van der Waals surface area (Å²) in [5.41, 5.74) is 1.43. The van der Waals surface area contributed by atoms with Gasteiger partial charge in [-0.05, 0) is 37.8 Å². The van der Waals surface area contributed by atoms with E-state index in [-0.39, 0.29) is 0 Å². The molecule has 2 unspecified atom stereocenters. The van der Waals surface area contributed by atoms with Gasteiger partial charge in [-0.3, -0.25) is 0 Å². The largest absolute Gasteiger partial charge is 0.316 e. The lowest BCUT2D eigenvalue weighted by Crippen LogP contribution is -2.31. The third kappa shape index (κ3) is 4.24. The van der Waals surface area contributed by atoms with Gasteiger partial charge in [-0.2, -0.15) is 0 Å².